The lowest BCUT2D eigenvalue weighted by molar-refractivity contribution is -0.125. The van der Waals surface area contributed by atoms with Gasteiger partial charge in [0.25, 0.3) is 5.91 Å². The molecule has 2 aliphatic rings. The predicted molar refractivity (Wildman–Crippen MR) is 131 cm³/mol. The molecule has 170 valence electrons. The molecule has 0 radical (unpaired) electrons. The molecule has 0 aliphatic carbocycles. The van der Waals surface area contributed by atoms with Crippen LogP contribution < -0.4 is 9.64 Å². The molecule has 1 N–H and O–H groups in total. The molecule has 2 atom stereocenters. The summed E-state index contributed by atoms with van der Waals surface area (Å²) in [4.78, 5) is 34.5. The molecule has 6 heteroatoms. The maximum absolute atomic E-state index is 14.0. The first-order valence-electron chi connectivity index (χ1n) is 11.4. The van der Waals surface area contributed by atoms with Crippen molar-refractivity contribution in [2.75, 3.05) is 18.6 Å². The van der Waals surface area contributed by atoms with Crippen LogP contribution in [0.4, 0.5) is 10.5 Å². The number of fused-ring (bicyclic) bond motifs is 5. The Labute approximate surface area is 197 Å². The van der Waals surface area contributed by atoms with Crippen LogP contribution in [0.25, 0.3) is 10.9 Å². The van der Waals surface area contributed by atoms with Crippen LogP contribution in [0.2, 0.25) is 0 Å². The molecule has 2 unspecified atom stereocenters. The number of benzene rings is 3. The van der Waals surface area contributed by atoms with Crippen LogP contribution in [0.1, 0.15) is 35.2 Å². The molecule has 6 rings (SSSR count). The van der Waals surface area contributed by atoms with Gasteiger partial charge in [-0.15, -0.1) is 0 Å². The van der Waals surface area contributed by atoms with E-state index in [2.05, 4.69) is 11.1 Å². The van der Waals surface area contributed by atoms with Crippen molar-refractivity contribution in [2.24, 2.45) is 0 Å². The van der Waals surface area contributed by atoms with Crippen molar-refractivity contribution in [3.63, 3.8) is 0 Å². The third-order valence-corrected chi connectivity index (χ3v) is 7.40. The van der Waals surface area contributed by atoms with Crippen LogP contribution in [0.15, 0.2) is 72.8 Å². The zero-order valence-corrected chi connectivity index (χ0v) is 19.3. The van der Waals surface area contributed by atoms with Crippen LogP contribution in [-0.2, 0) is 10.3 Å². The average molecular weight is 452 g/mol. The quantitative estimate of drug-likeness (QED) is 0.429. The fourth-order valence-corrected chi connectivity index (χ4v) is 5.65. The summed E-state index contributed by atoms with van der Waals surface area (Å²) in [6.45, 7) is 4.15. The number of methoxy groups -OCH3 is 1. The molecule has 1 aromatic heterocycles. The normalized spacial score (nSPS) is 21.7. The number of aryl methyl sites for hydroxylation is 1. The molecule has 2 aliphatic heterocycles. The van der Waals surface area contributed by atoms with Gasteiger partial charge in [-0.05, 0) is 43.2 Å². The summed E-state index contributed by atoms with van der Waals surface area (Å²) in [5, 5.41) is 1.06. The highest BCUT2D eigenvalue weighted by Crippen LogP contribution is 2.51. The second kappa shape index (κ2) is 7.22. The summed E-state index contributed by atoms with van der Waals surface area (Å²) < 4.78 is 5.70. The van der Waals surface area contributed by atoms with Gasteiger partial charge in [0.15, 0.2) is 5.54 Å². The van der Waals surface area contributed by atoms with Gasteiger partial charge >= 0.3 is 6.03 Å². The smallest absolute Gasteiger partial charge is 0.332 e. The largest absolute Gasteiger partial charge is 0.496 e. The summed E-state index contributed by atoms with van der Waals surface area (Å²) in [7, 11) is 1.66. The number of aromatic amines is 1. The minimum Gasteiger partial charge on any atom is -0.496 e. The van der Waals surface area contributed by atoms with Crippen LogP contribution in [0.5, 0.6) is 5.75 Å². The predicted octanol–water partition coefficient (Wildman–Crippen LogP) is 5.31. The van der Waals surface area contributed by atoms with Gasteiger partial charge in [0.2, 0.25) is 0 Å². The molecule has 3 amide bonds. The van der Waals surface area contributed by atoms with Gasteiger partial charge in [0.05, 0.1) is 18.5 Å². The molecule has 4 aromatic rings. The van der Waals surface area contributed by atoms with E-state index in [-0.39, 0.29) is 17.9 Å². The molecule has 6 nitrogen and oxygen atoms in total. The second-order valence-electron chi connectivity index (χ2n) is 9.15. The molecular weight excluding hydrogens is 426 g/mol. The zero-order chi connectivity index (χ0) is 23.6. The molecule has 3 aromatic carbocycles. The highest BCUT2D eigenvalue weighted by molar-refractivity contribution is 6.24. The average Bonchev–Trinajstić information content (AvgIpc) is 3.34. The number of ether oxygens (including phenoxy) is 1. The Morgan fingerprint density at radius 2 is 1.68 bits per heavy atom. The Morgan fingerprint density at radius 1 is 0.971 bits per heavy atom. The second-order valence-corrected chi connectivity index (χ2v) is 9.15. The van der Waals surface area contributed by atoms with Crippen molar-refractivity contribution in [3.8, 4) is 5.75 Å². The number of imide groups is 1. The van der Waals surface area contributed by atoms with Crippen molar-refractivity contribution in [2.45, 2.75) is 25.3 Å². The number of carbonyl (C=O) groups is 2. The molecule has 0 spiro atoms. The number of H-pyrrole nitrogens is 1. The van der Waals surface area contributed by atoms with Crippen LogP contribution in [0, 0.1) is 6.92 Å². The van der Waals surface area contributed by atoms with Gasteiger partial charge in [0, 0.05) is 28.9 Å². The van der Waals surface area contributed by atoms with E-state index in [9.17, 15) is 9.59 Å². The fourth-order valence-electron chi connectivity index (χ4n) is 5.65. The van der Waals surface area contributed by atoms with E-state index < -0.39 is 5.54 Å². The van der Waals surface area contributed by atoms with E-state index >= 15 is 0 Å². The highest BCUT2D eigenvalue weighted by atomic mass is 16.5. The summed E-state index contributed by atoms with van der Waals surface area (Å²) in [6.07, 6.45) is 0. The van der Waals surface area contributed by atoms with E-state index in [0.29, 0.717) is 12.2 Å². The number of nitrogens with zero attached hydrogens (tertiary/aromatic N) is 2. The monoisotopic (exact) mass is 451 g/mol. The molecule has 3 heterocycles. The Hall–Kier alpha value is -4.06. The van der Waals surface area contributed by atoms with Crippen molar-refractivity contribution >= 4 is 28.5 Å². The Bertz CT molecular complexity index is 1470. The highest BCUT2D eigenvalue weighted by Gasteiger charge is 2.61. The van der Waals surface area contributed by atoms with Gasteiger partial charge in [-0.1, -0.05) is 54.6 Å². The zero-order valence-electron chi connectivity index (χ0n) is 19.3. The van der Waals surface area contributed by atoms with Crippen molar-refractivity contribution < 1.29 is 14.3 Å². The van der Waals surface area contributed by atoms with E-state index in [1.165, 1.54) is 4.90 Å². The van der Waals surface area contributed by atoms with E-state index in [0.717, 1.165) is 39.0 Å². The van der Waals surface area contributed by atoms with Crippen LogP contribution >= 0.6 is 0 Å². The number of hydrogen-bond acceptors (Lipinski definition) is 3. The first-order valence-corrected chi connectivity index (χ1v) is 11.4. The van der Waals surface area contributed by atoms with Crippen molar-refractivity contribution in [1.82, 2.24) is 9.88 Å². The van der Waals surface area contributed by atoms with Gasteiger partial charge in [-0.2, -0.15) is 0 Å². The number of para-hydroxylation sites is 3. The number of nitrogens with one attached hydrogen (secondary N) is 1. The minimum atomic E-state index is -1.13. The first kappa shape index (κ1) is 20.5. The van der Waals surface area contributed by atoms with Gasteiger partial charge in [0.1, 0.15) is 5.75 Å². The van der Waals surface area contributed by atoms with E-state index in [4.69, 9.17) is 4.74 Å². The molecule has 1 fully saturated rings. The first-order chi connectivity index (χ1) is 16.5. The molecular formula is C28H25N3O3. The maximum atomic E-state index is 14.0. The molecule has 1 saturated heterocycles. The third kappa shape index (κ3) is 2.56. The number of anilines is 1. The van der Waals surface area contributed by atoms with Crippen molar-refractivity contribution in [3.05, 3.63) is 95.2 Å². The number of urea groups is 1. The van der Waals surface area contributed by atoms with Crippen molar-refractivity contribution in [1.29, 1.82) is 0 Å². The fraction of sp³-hybridized carbons (Fsp3) is 0.214. The molecule has 0 bridgehead atoms. The molecule has 0 saturated carbocycles. The lowest BCUT2D eigenvalue weighted by Crippen LogP contribution is -2.50. The van der Waals surface area contributed by atoms with E-state index in [1.54, 1.807) is 12.0 Å². The van der Waals surface area contributed by atoms with Crippen LogP contribution in [0.3, 0.4) is 0 Å². The van der Waals surface area contributed by atoms with E-state index in [1.807, 2.05) is 80.6 Å². The SMILES string of the molecule is COc1ccccc1C1CN2C(=O)N(c3ccccc3C)C(=O)C2(C)c2[nH]c3ccccc3c21. The third-order valence-electron chi connectivity index (χ3n) is 7.40. The number of rotatable bonds is 3. The number of hydrogen-bond donors (Lipinski definition) is 1. The van der Waals surface area contributed by atoms with Gasteiger partial charge in [-0.3, -0.25) is 4.79 Å². The number of carbonyl (C=O) groups excluding carboxylic acids is 2. The summed E-state index contributed by atoms with van der Waals surface area (Å²) in [6, 6.07) is 23.2. The number of aromatic nitrogens is 1. The van der Waals surface area contributed by atoms with Gasteiger partial charge in [-0.25, -0.2) is 9.69 Å². The lowest BCUT2D eigenvalue weighted by atomic mass is 9.78. The topological polar surface area (TPSA) is 65.6 Å². The summed E-state index contributed by atoms with van der Waals surface area (Å²) in [5.41, 5.74) is 4.13. The Morgan fingerprint density at radius 3 is 2.47 bits per heavy atom. The standard InChI is InChI=1S/C28H25N3O3/c1-17-10-4-8-14-22(17)31-26(32)28(2)25-24(19-12-5-7-13-21(19)29-25)20(16-30(28)27(31)33)18-11-6-9-15-23(18)34-3/h4-15,20,29H,16H2,1-3H3. The summed E-state index contributed by atoms with van der Waals surface area (Å²) >= 11 is 0. The Balaban J connectivity index is 1.62. The maximum Gasteiger partial charge on any atom is 0.332 e. The Kier molecular flexibility index (Phi) is 4.36. The summed E-state index contributed by atoms with van der Waals surface area (Å²) in [5.74, 6) is 0.378. The molecule has 34 heavy (non-hydrogen) atoms. The minimum absolute atomic E-state index is 0.149. The van der Waals surface area contributed by atoms with Gasteiger partial charge < -0.3 is 14.6 Å². The number of amides is 3. The van der Waals surface area contributed by atoms with Crippen LogP contribution in [-0.4, -0.2) is 35.5 Å². The lowest BCUT2D eigenvalue weighted by Gasteiger charge is -2.40.